The third-order valence-electron chi connectivity index (χ3n) is 1.51. The summed E-state index contributed by atoms with van der Waals surface area (Å²) in [4.78, 5) is 5.42. The van der Waals surface area contributed by atoms with Gasteiger partial charge in [0.2, 0.25) is 0 Å². The lowest BCUT2D eigenvalue weighted by Gasteiger charge is -2.08. The zero-order valence-corrected chi connectivity index (χ0v) is 6.28. The number of nitrogens with two attached hydrogens (primary N) is 1. The second-order valence-electron chi connectivity index (χ2n) is 2.22. The van der Waals surface area contributed by atoms with Gasteiger partial charge in [0.15, 0.2) is 5.13 Å². The van der Waals surface area contributed by atoms with Gasteiger partial charge in [0.25, 0.3) is 0 Å². The largest absolute Gasteiger partial charge is 0.375 e. The first kappa shape index (κ1) is 6.12. The van der Waals surface area contributed by atoms with Gasteiger partial charge in [-0.1, -0.05) is 0 Å². The topological polar surface area (TPSA) is 48.1 Å². The number of hydrogen-bond acceptors (Lipinski definition) is 4. The Kier molecular flexibility index (Phi) is 1.35. The van der Waals surface area contributed by atoms with E-state index in [0.29, 0.717) is 11.7 Å². The third-order valence-corrected chi connectivity index (χ3v) is 2.49. The number of fused-ring (bicyclic) bond motifs is 1. The smallest absolute Gasteiger partial charge is 0.180 e. The van der Waals surface area contributed by atoms with E-state index in [1.54, 1.807) is 11.3 Å². The van der Waals surface area contributed by atoms with E-state index in [1.807, 2.05) is 0 Å². The predicted octanol–water partition coefficient (Wildman–Crippen LogP) is 0.798. The molecule has 1 aromatic rings. The standard InChI is InChI=1S/C6H8N2OS/c7-6-8-4-3-9-2-1-5(4)10-6/h1-3H2,(H2,7,8). The SMILES string of the molecule is Nc1nc2c(s1)CCOC2. The van der Waals surface area contributed by atoms with Crippen molar-refractivity contribution in [3.05, 3.63) is 10.6 Å². The van der Waals surface area contributed by atoms with Crippen molar-refractivity contribution in [1.82, 2.24) is 4.98 Å². The Morgan fingerprint density at radius 2 is 2.50 bits per heavy atom. The minimum absolute atomic E-state index is 0.642. The Morgan fingerprint density at radius 3 is 3.30 bits per heavy atom. The molecule has 1 aliphatic heterocycles. The molecule has 0 aliphatic carbocycles. The normalized spacial score (nSPS) is 16.8. The van der Waals surface area contributed by atoms with E-state index in [0.717, 1.165) is 18.7 Å². The average Bonchev–Trinajstić information content (AvgIpc) is 2.27. The maximum absolute atomic E-state index is 5.51. The lowest BCUT2D eigenvalue weighted by Crippen LogP contribution is -2.07. The van der Waals surface area contributed by atoms with E-state index in [1.165, 1.54) is 4.88 Å². The first-order chi connectivity index (χ1) is 4.86. The molecule has 2 rings (SSSR count). The van der Waals surface area contributed by atoms with Crippen molar-refractivity contribution in [2.75, 3.05) is 12.3 Å². The van der Waals surface area contributed by atoms with Crippen molar-refractivity contribution in [3.63, 3.8) is 0 Å². The van der Waals surface area contributed by atoms with Crippen molar-refractivity contribution in [1.29, 1.82) is 0 Å². The van der Waals surface area contributed by atoms with Crippen LogP contribution in [0.3, 0.4) is 0 Å². The Hall–Kier alpha value is -0.610. The van der Waals surface area contributed by atoms with E-state index in [2.05, 4.69) is 4.98 Å². The van der Waals surface area contributed by atoms with Crippen LogP contribution >= 0.6 is 11.3 Å². The molecular formula is C6H8N2OS. The third kappa shape index (κ3) is 0.892. The molecule has 1 aromatic heterocycles. The molecule has 0 radical (unpaired) electrons. The van der Waals surface area contributed by atoms with E-state index in [9.17, 15) is 0 Å². The summed E-state index contributed by atoms with van der Waals surface area (Å²) < 4.78 is 5.20. The molecule has 3 nitrogen and oxygen atoms in total. The van der Waals surface area contributed by atoms with Crippen LogP contribution in [0.15, 0.2) is 0 Å². The van der Waals surface area contributed by atoms with Crippen LogP contribution < -0.4 is 5.73 Å². The Morgan fingerprint density at radius 1 is 1.60 bits per heavy atom. The van der Waals surface area contributed by atoms with Crippen LogP contribution in [0.1, 0.15) is 10.6 Å². The fourth-order valence-electron chi connectivity index (χ4n) is 1.05. The second-order valence-corrected chi connectivity index (χ2v) is 3.34. The average molecular weight is 156 g/mol. The van der Waals surface area contributed by atoms with Gasteiger partial charge in [0.05, 0.1) is 18.9 Å². The zero-order chi connectivity index (χ0) is 6.97. The van der Waals surface area contributed by atoms with E-state index >= 15 is 0 Å². The van der Waals surface area contributed by atoms with Crippen LogP contribution in [0.5, 0.6) is 0 Å². The molecule has 0 spiro atoms. The number of hydrogen-bond donors (Lipinski definition) is 1. The molecule has 2 N–H and O–H groups in total. The number of aromatic nitrogens is 1. The van der Waals surface area contributed by atoms with Crippen LogP contribution in [0.2, 0.25) is 0 Å². The summed E-state index contributed by atoms with van der Waals surface area (Å²) in [6.07, 6.45) is 0.976. The lowest BCUT2D eigenvalue weighted by molar-refractivity contribution is 0.109. The van der Waals surface area contributed by atoms with Crippen molar-refractivity contribution >= 4 is 16.5 Å². The summed E-state index contributed by atoms with van der Waals surface area (Å²) in [5.74, 6) is 0. The maximum atomic E-state index is 5.51. The summed E-state index contributed by atoms with van der Waals surface area (Å²) >= 11 is 1.58. The number of nitrogens with zero attached hydrogens (tertiary/aromatic N) is 1. The molecule has 0 amide bonds. The molecule has 10 heavy (non-hydrogen) atoms. The second kappa shape index (κ2) is 2.21. The molecule has 0 saturated carbocycles. The van der Waals surface area contributed by atoms with Crippen molar-refractivity contribution in [3.8, 4) is 0 Å². The Bertz CT molecular complexity index is 222. The highest BCUT2D eigenvalue weighted by Gasteiger charge is 2.13. The highest BCUT2D eigenvalue weighted by atomic mass is 32.1. The van der Waals surface area contributed by atoms with Gasteiger partial charge in [-0.15, -0.1) is 11.3 Å². The fraction of sp³-hybridized carbons (Fsp3) is 0.500. The predicted molar refractivity (Wildman–Crippen MR) is 39.9 cm³/mol. The van der Waals surface area contributed by atoms with Crippen LogP contribution in [0, 0.1) is 0 Å². The van der Waals surface area contributed by atoms with Gasteiger partial charge >= 0.3 is 0 Å². The molecule has 0 unspecified atom stereocenters. The molecule has 0 aromatic carbocycles. The minimum atomic E-state index is 0.642. The summed E-state index contributed by atoms with van der Waals surface area (Å²) in [6, 6.07) is 0. The first-order valence-corrected chi connectivity index (χ1v) is 4.00. The van der Waals surface area contributed by atoms with Gasteiger partial charge in [0.1, 0.15) is 0 Å². The van der Waals surface area contributed by atoms with E-state index < -0.39 is 0 Å². The van der Waals surface area contributed by atoms with Crippen LogP contribution in [0.4, 0.5) is 5.13 Å². The van der Waals surface area contributed by atoms with Crippen molar-refractivity contribution in [2.24, 2.45) is 0 Å². The Balaban J connectivity index is 2.41. The lowest BCUT2D eigenvalue weighted by atomic mass is 10.3. The quantitative estimate of drug-likeness (QED) is 0.604. The molecule has 0 bridgehead atoms. The van der Waals surface area contributed by atoms with Gasteiger partial charge in [-0.05, 0) is 0 Å². The monoisotopic (exact) mass is 156 g/mol. The summed E-state index contributed by atoms with van der Waals surface area (Å²) in [5.41, 5.74) is 6.55. The van der Waals surface area contributed by atoms with Crippen LogP contribution in [0.25, 0.3) is 0 Å². The fourth-order valence-corrected chi connectivity index (χ4v) is 1.86. The molecule has 54 valence electrons. The van der Waals surface area contributed by atoms with Crippen LogP contribution in [-0.4, -0.2) is 11.6 Å². The number of ether oxygens (including phenoxy) is 1. The highest BCUT2D eigenvalue weighted by molar-refractivity contribution is 7.15. The molecule has 0 fully saturated rings. The highest BCUT2D eigenvalue weighted by Crippen LogP contribution is 2.24. The van der Waals surface area contributed by atoms with Gasteiger partial charge in [-0.25, -0.2) is 4.98 Å². The molecule has 2 heterocycles. The van der Waals surface area contributed by atoms with E-state index in [4.69, 9.17) is 10.5 Å². The number of anilines is 1. The Labute approximate surface area is 62.8 Å². The first-order valence-electron chi connectivity index (χ1n) is 3.18. The van der Waals surface area contributed by atoms with Crippen molar-refractivity contribution in [2.45, 2.75) is 13.0 Å². The summed E-state index contributed by atoms with van der Waals surface area (Å²) in [5, 5.41) is 0.663. The minimum Gasteiger partial charge on any atom is -0.375 e. The molecule has 0 saturated heterocycles. The van der Waals surface area contributed by atoms with Gasteiger partial charge in [-0.3, -0.25) is 0 Å². The van der Waals surface area contributed by atoms with Gasteiger partial charge in [0, 0.05) is 11.3 Å². The molecular weight excluding hydrogens is 148 g/mol. The van der Waals surface area contributed by atoms with Gasteiger partial charge < -0.3 is 10.5 Å². The number of rotatable bonds is 0. The number of thiazole rings is 1. The molecule has 0 atom stereocenters. The van der Waals surface area contributed by atoms with Crippen LogP contribution in [-0.2, 0) is 17.8 Å². The molecule has 1 aliphatic rings. The summed E-state index contributed by atoms with van der Waals surface area (Å²) in [6.45, 7) is 1.46. The molecule has 4 heteroatoms. The van der Waals surface area contributed by atoms with Gasteiger partial charge in [-0.2, -0.15) is 0 Å². The maximum Gasteiger partial charge on any atom is 0.180 e. The zero-order valence-electron chi connectivity index (χ0n) is 5.46. The van der Waals surface area contributed by atoms with E-state index in [-0.39, 0.29) is 0 Å². The van der Waals surface area contributed by atoms with Crippen molar-refractivity contribution < 1.29 is 4.74 Å². The number of nitrogen functional groups attached to an aromatic ring is 1. The summed E-state index contributed by atoms with van der Waals surface area (Å²) in [7, 11) is 0.